The summed E-state index contributed by atoms with van der Waals surface area (Å²) in [6, 6.07) is 15.7. The van der Waals surface area contributed by atoms with Crippen molar-refractivity contribution >= 4 is 23.2 Å². The number of benzene rings is 2. The van der Waals surface area contributed by atoms with E-state index in [0.29, 0.717) is 0 Å². The summed E-state index contributed by atoms with van der Waals surface area (Å²) >= 11 is 5.98. The van der Waals surface area contributed by atoms with Gasteiger partial charge in [-0.1, -0.05) is 23.7 Å². The van der Waals surface area contributed by atoms with E-state index >= 15 is 0 Å². The number of aromatic nitrogens is 2. The van der Waals surface area contributed by atoms with E-state index in [4.69, 9.17) is 11.6 Å². The molecule has 0 aliphatic carbocycles. The first-order valence-electron chi connectivity index (χ1n) is 9.32. The van der Waals surface area contributed by atoms with Crippen LogP contribution in [0, 0.1) is 13.8 Å². The minimum Gasteiger partial charge on any atom is -0.326 e. The summed E-state index contributed by atoms with van der Waals surface area (Å²) in [5.41, 5.74) is 6.44. The van der Waals surface area contributed by atoms with Crippen molar-refractivity contribution in [3.05, 3.63) is 76.1 Å². The smallest absolute Gasteiger partial charge is 0.221 e. The minimum atomic E-state index is -0.0562. The van der Waals surface area contributed by atoms with Crippen LogP contribution < -0.4 is 10.6 Å². The van der Waals surface area contributed by atoms with E-state index in [0.717, 1.165) is 47.3 Å². The van der Waals surface area contributed by atoms with Crippen LogP contribution in [0.25, 0.3) is 5.69 Å². The zero-order valence-corrected chi connectivity index (χ0v) is 17.2. The summed E-state index contributed by atoms with van der Waals surface area (Å²) < 4.78 is 1.96. The summed E-state index contributed by atoms with van der Waals surface area (Å²) in [6.07, 6.45) is 0.920. The second-order valence-corrected chi connectivity index (χ2v) is 7.28. The summed E-state index contributed by atoms with van der Waals surface area (Å²) in [4.78, 5) is 11.1. The molecule has 6 heteroatoms. The van der Waals surface area contributed by atoms with Gasteiger partial charge in [-0.05, 0) is 68.8 Å². The largest absolute Gasteiger partial charge is 0.326 e. The Balaban J connectivity index is 1.56. The molecule has 0 aliphatic heterocycles. The van der Waals surface area contributed by atoms with Gasteiger partial charge in [0.2, 0.25) is 5.91 Å². The molecule has 3 rings (SSSR count). The number of hydrogen-bond donors (Lipinski definition) is 2. The molecule has 0 unspecified atom stereocenters. The van der Waals surface area contributed by atoms with Gasteiger partial charge in [-0.25, -0.2) is 4.68 Å². The monoisotopic (exact) mass is 396 g/mol. The Labute approximate surface area is 170 Å². The molecule has 3 aromatic rings. The van der Waals surface area contributed by atoms with Crippen LogP contribution in [0.15, 0.2) is 48.5 Å². The molecule has 28 heavy (non-hydrogen) atoms. The Morgan fingerprint density at radius 1 is 1.07 bits per heavy atom. The van der Waals surface area contributed by atoms with Crippen LogP contribution in [0.5, 0.6) is 0 Å². The van der Waals surface area contributed by atoms with E-state index in [1.165, 1.54) is 18.1 Å². The van der Waals surface area contributed by atoms with Gasteiger partial charge in [0.05, 0.1) is 11.4 Å². The van der Waals surface area contributed by atoms with E-state index in [1.807, 2.05) is 60.1 Å². The molecule has 146 valence electrons. The summed E-state index contributed by atoms with van der Waals surface area (Å²) in [6.45, 7) is 7.28. The average Bonchev–Trinajstić information content (AvgIpc) is 2.94. The Bertz CT molecular complexity index is 946. The molecule has 0 radical (unpaired) electrons. The highest BCUT2D eigenvalue weighted by Crippen LogP contribution is 2.19. The first kappa shape index (κ1) is 20.1. The average molecular weight is 397 g/mol. The maximum absolute atomic E-state index is 11.1. The molecule has 0 aliphatic rings. The lowest BCUT2D eigenvalue weighted by atomic mass is 10.1. The van der Waals surface area contributed by atoms with Crippen LogP contribution in [-0.2, 0) is 17.8 Å². The first-order valence-corrected chi connectivity index (χ1v) is 9.70. The van der Waals surface area contributed by atoms with Gasteiger partial charge in [-0.3, -0.25) is 4.79 Å². The maximum atomic E-state index is 11.1. The second-order valence-electron chi connectivity index (χ2n) is 6.84. The fourth-order valence-corrected chi connectivity index (χ4v) is 3.29. The predicted molar refractivity (Wildman–Crippen MR) is 114 cm³/mol. The number of carbonyl (C=O) groups is 1. The second kappa shape index (κ2) is 9.04. The Hall–Kier alpha value is -2.63. The molecule has 0 saturated carbocycles. The van der Waals surface area contributed by atoms with Crippen LogP contribution in [0.3, 0.4) is 0 Å². The SMILES string of the molecule is CC(=O)Nc1ccc(CCNCc2c(C)nn(-c3ccc(Cl)cc3)c2C)cc1. The number of rotatable bonds is 7. The van der Waals surface area contributed by atoms with Crippen molar-refractivity contribution in [2.24, 2.45) is 0 Å². The molecule has 1 aromatic heterocycles. The van der Waals surface area contributed by atoms with Gasteiger partial charge >= 0.3 is 0 Å². The highest BCUT2D eigenvalue weighted by atomic mass is 35.5. The van der Waals surface area contributed by atoms with Gasteiger partial charge in [0.25, 0.3) is 0 Å². The van der Waals surface area contributed by atoms with Crippen molar-refractivity contribution < 1.29 is 4.79 Å². The number of anilines is 1. The van der Waals surface area contributed by atoms with Gasteiger partial charge in [0.15, 0.2) is 0 Å². The maximum Gasteiger partial charge on any atom is 0.221 e. The molecule has 1 heterocycles. The summed E-state index contributed by atoms with van der Waals surface area (Å²) in [5.74, 6) is -0.0562. The molecule has 2 N–H and O–H groups in total. The van der Waals surface area contributed by atoms with Crippen molar-refractivity contribution in [1.29, 1.82) is 0 Å². The van der Waals surface area contributed by atoms with E-state index in [-0.39, 0.29) is 5.91 Å². The number of amides is 1. The van der Waals surface area contributed by atoms with Crippen LogP contribution in [0.2, 0.25) is 5.02 Å². The number of nitrogens with one attached hydrogen (secondary N) is 2. The van der Waals surface area contributed by atoms with E-state index in [1.54, 1.807) is 0 Å². The molecule has 2 aromatic carbocycles. The molecule has 1 amide bonds. The van der Waals surface area contributed by atoms with Gasteiger partial charge in [0.1, 0.15) is 0 Å². The lowest BCUT2D eigenvalue weighted by Gasteiger charge is -2.08. The summed E-state index contributed by atoms with van der Waals surface area (Å²) in [5, 5.41) is 11.7. The third kappa shape index (κ3) is 5.00. The van der Waals surface area contributed by atoms with Crippen LogP contribution in [-0.4, -0.2) is 22.2 Å². The number of nitrogens with zero attached hydrogens (tertiary/aromatic N) is 2. The van der Waals surface area contributed by atoms with Crippen LogP contribution in [0.1, 0.15) is 29.4 Å². The fraction of sp³-hybridized carbons (Fsp3) is 0.273. The van der Waals surface area contributed by atoms with Gasteiger partial charge in [0, 0.05) is 35.4 Å². The standard InChI is InChI=1S/C22H25ClN4O/c1-15-22(16(2)27(26-15)21-10-6-19(23)7-11-21)14-24-13-12-18-4-8-20(9-5-18)25-17(3)28/h4-11,24H,12-14H2,1-3H3,(H,25,28). The van der Waals surface area contributed by atoms with E-state index in [2.05, 4.69) is 22.7 Å². The Kier molecular flexibility index (Phi) is 6.49. The molecular weight excluding hydrogens is 372 g/mol. The van der Waals surface area contributed by atoms with Gasteiger partial charge in [-0.15, -0.1) is 0 Å². The van der Waals surface area contributed by atoms with Crippen LogP contribution in [0.4, 0.5) is 5.69 Å². The normalized spacial score (nSPS) is 10.9. The number of halogens is 1. The minimum absolute atomic E-state index is 0.0562. The van der Waals surface area contributed by atoms with Crippen molar-refractivity contribution in [1.82, 2.24) is 15.1 Å². The predicted octanol–water partition coefficient (Wildman–Crippen LogP) is 4.43. The molecular formula is C22H25ClN4O. The number of carbonyl (C=O) groups excluding carboxylic acids is 1. The third-order valence-electron chi connectivity index (χ3n) is 4.68. The first-order chi connectivity index (χ1) is 13.4. The highest BCUT2D eigenvalue weighted by molar-refractivity contribution is 6.30. The lowest BCUT2D eigenvalue weighted by Crippen LogP contribution is -2.17. The fourth-order valence-electron chi connectivity index (χ4n) is 3.17. The van der Waals surface area contributed by atoms with Crippen molar-refractivity contribution in [2.45, 2.75) is 33.7 Å². The van der Waals surface area contributed by atoms with Gasteiger partial charge in [-0.2, -0.15) is 5.10 Å². The Morgan fingerprint density at radius 3 is 2.39 bits per heavy atom. The van der Waals surface area contributed by atoms with E-state index < -0.39 is 0 Å². The van der Waals surface area contributed by atoms with Crippen LogP contribution >= 0.6 is 11.6 Å². The van der Waals surface area contributed by atoms with E-state index in [9.17, 15) is 4.79 Å². The zero-order chi connectivity index (χ0) is 20.1. The molecule has 0 fully saturated rings. The zero-order valence-electron chi connectivity index (χ0n) is 16.4. The topological polar surface area (TPSA) is 59.0 Å². The molecule has 5 nitrogen and oxygen atoms in total. The number of aryl methyl sites for hydroxylation is 1. The quantitative estimate of drug-likeness (QED) is 0.580. The molecule has 0 bridgehead atoms. The van der Waals surface area contributed by atoms with Crippen molar-refractivity contribution in [3.63, 3.8) is 0 Å². The third-order valence-corrected chi connectivity index (χ3v) is 4.93. The Morgan fingerprint density at radius 2 is 1.75 bits per heavy atom. The number of hydrogen-bond acceptors (Lipinski definition) is 3. The molecule has 0 saturated heterocycles. The molecule has 0 spiro atoms. The van der Waals surface area contributed by atoms with Crippen molar-refractivity contribution in [2.75, 3.05) is 11.9 Å². The van der Waals surface area contributed by atoms with Crippen molar-refractivity contribution in [3.8, 4) is 5.69 Å². The lowest BCUT2D eigenvalue weighted by molar-refractivity contribution is -0.114. The summed E-state index contributed by atoms with van der Waals surface area (Å²) in [7, 11) is 0. The van der Waals surface area contributed by atoms with Gasteiger partial charge < -0.3 is 10.6 Å². The molecule has 0 atom stereocenters. The highest BCUT2D eigenvalue weighted by Gasteiger charge is 2.12.